The summed E-state index contributed by atoms with van der Waals surface area (Å²) < 4.78 is 42.4. The molecule has 2 aromatic carbocycles. The van der Waals surface area contributed by atoms with E-state index in [4.69, 9.17) is 0 Å². The molecule has 3 aromatic rings. The minimum Gasteiger partial charge on any atom is -0.339 e. The summed E-state index contributed by atoms with van der Waals surface area (Å²) in [5.41, 5.74) is 4.76. The van der Waals surface area contributed by atoms with Gasteiger partial charge in [-0.3, -0.25) is 0 Å². The maximum absolute atomic E-state index is 13.7. The third-order valence-electron chi connectivity index (χ3n) is 6.82. The third kappa shape index (κ3) is 3.76. The molecule has 0 spiro atoms. The van der Waals surface area contributed by atoms with Crippen LogP contribution in [0.4, 0.5) is 4.39 Å². The topological polar surface area (TPSA) is 67.2 Å². The Balaban J connectivity index is 1.35. The van der Waals surface area contributed by atoms with Crippen molar-refractivity contribution in [3.05, 3.63) is 83.1 Å². The van der Waals surface area contributed by atoms with Crippen LogP contribution in [0, 0.1) is 5.82 Å². The Morgan fingerprint density at radius 3 is 2.69 bits per heavy atom. The van der Waals surface area contributed by atoms with Crippen molar-refractivity contribution in [1.29, 1.82) is 0 Å². The number of rotatable bonds is 6. The molecule has 2 aliphatic rings. The summed E-state index contributed by atoms with van der Waals surface area (Å²) >= 11 is 0. The van der Waals surface area contributed by atoms with E-state index < -0.39 is 10.0 Å². The van der Waals surface area contributed by atoms with Crippen LogP contribution in [0.3, 0.4) is 0 Å². The molecule has 8 heteroatoms. The highest BCUT2D eigenvalue weighted by Crippen LogP contribution is 2.39. The molecular weight excluding hydrogens is 427 g/mol. The molecule has 168 valence electrons. The second-order valence-corrected chi connectivity index (χ2v) is 10.8. The quantitative estimate of drug-likeness (QED) is 0.622. The van der Waals surface area contributed by atoms with Crippen molar-refractivity contribution in [2.45, 2.75) is 35.7 Å². The molecular formula is C24H27FN4O2S. The lowest BCUT2D eigenvalue weighted by atomic mass is 9.87. The fourth-order valence-corrected chi connectivity index (χ4v) is 6.46. The first-order valence-electron chi connectivity index (χ1n) is 10.9. The highest BCUT2D eigenvalue weighted by molar-refractivity contribution is 7.89. The number of hydrogen-bond donors (Lipinski definition) is 1. The van der Waals surface area contributed by atoms with Crippen molar-refractivity contribution in [2.24, 2.45) is 7.05 Å². The Kier molecular flexibility index (Phi) is 5.39. The van der Waals surface area contributed by atoms with Crippen LogP contribution < -0.4 is 5.32 Å². The lowest BCUT2D eigenvalue weighted by Crippen LogP contribution is -2.48. The van der Waals surface area contributed by atoms with E-state index in [-0.39, 0.29) is 22.7 Å². The number of likely N-dealkylation sites (N-methyl/N-ethyl adjacent to an activating group) is 1. The molecule has 1 N–H and O–H groups in total. The zero-order chi connectivity index (χ0) is 22.5. The first-order chi connectivity index (χ1) is 15.3. The summed E-state index contributed by atoms with van der Waals surface area (Å²) in [6, 6.07) is 13.7. The van der Waals surface area contributed by atoms with Gasteiger partial charge >= 0.3 is 0 Å². The van der Waals surface area contributed by atoms with Crippen molar-refractivity contribution >= 4 is 10.0 Å². The number of fused-ring (bicyclic) bond motifs is 1. The molecule has 0 saturated carbocycles. The van der Waals surface area contributed by atoms with E-state index in [9.17, 15) is 12.8 Å². The minimum absolute atomic E-state index is 0.0967. The Labute approximate surface area is 188 Å². The molecule has 32 heavy (non-hydrogen) atoms. The van der Waals surface area contributed by atoms with E-state index in [1.807, 2.05) is 13.1 Å². The predicted molar refractivity (Wildman–Crippen MR) is 121 cm³/mol. The van der Waals surface area contributed by atoms with Gasteiger partial charge in [0.25, 0.3) is 10.0 Å². The standard InChI is InChI=1S/C24H27FN4O2S/c1-26-23-11-18-7-6-17(10-21(18)22(23)9-16-4-3-5-20(25)8-16)19-12-29(13-19)32(30,31)24-14-28(2)15-27-24/h3-8,10,14-15,19,22-23,26H,9,11-13H2,1-2H3. The van der Waals surface area contributed by atoms with Crippen LogP contribution in [-0.2, 0) is 29.9 Å². The zero-order valence-electron chi connectivity index (χ0n) is 18.2. The fourth-order valence-electron chi connectivity index (χ4n) is 4.97. The number of benzene rings is 2. The SMILES string of the molecule is CNC1Cc2ccc(C3CN(S(=O)(=O)c4cn(C)cn4)C3)cc2C1Cc1cccc(F)c1. The lowest BCUT2D eigenvalue weighted by molar-refractivity contribution is 0.263. The lowest BCUT2D eigenvalue weighted by Gasteiger charge is -2.38. The monoisotopic (exact) mass is 454 g/mol. The van der Waals surface area contributed by atoms with Crippen molar-refractivity contribution in [2.75, 3.05) is 20.1 Å². The summed E-state index contributed by atoms with van der Waals surface area (Å²) in [7, 11) is 0.186. The molecule has 5 rings (SSSR count). The normalized spacial score (nSPS) is 21.5. The van der Waals surface area contributed by atoms with Crippen LogP contribution in [0.1, 0.15) is 34.1 Å². The Morgan fingerprint density at radius 2 is 2.00 bits per heavy atom. The summed E-state index contributed by atoms with van der Waals surface area (Å²) in [6.45, 7) is 0.920. The molecule has 2 unspecified atom stereocenters. The first kappa shape index (κ1) is 21.3. The average Bonchev–Trinajstić information content (AvgIpc) is 3.31. The van der Waals surface area contributed by atoms with Gasteiger partial charge in [0, 0.05) is 44.2 Å². The van der Waals surface area contributed by atoms with E-state index >= 15 is 0 Å². The predicted octanol–water partition coefficient (Wildman–Crippen LogP) is 2.82. The third-order valence-corrected chi connectivity index (χ3v) is 8.53. The molecule has 2 atom stereocenters. The molecule has 2 heterocycles. The van der Waals surface area contributed by atoms with Gasteiger partial charge in [-0.1, -0.05) is 30.3 Å². The number of halogens is 1. The summed E-state index contributed by atoms with van der Waals surface area (Å²) in [6.07, 6.45) is 4.75. The van der Waals surface area contributed by atoms with Crippen molar-refractivity contribution < 1.29 is 12.8 Å². The number of hydrogen-bond acceptors (Lipinski definition) is 4. The molecule has 1 aromatic heterocycles. The molecule has 0 radical (unpaired) electrons. The van der Waals surface area contributed by atoms with Crippen LogP contribution >= 0.6 is 0 Å². The number of aryl methyl sites for hydroxylation is 1. The average molecular weight is 455 g/mol. The smallest absolute Gasteiger partial charge is 0.262 e. The van der Waals surface area contributed by atoms with Gasteiger partial charge < -0.3 is 9.88 Å². The first-order valence-corrected chi connectivity index (χ1v) is 12.3. The molecule has 1 aliphatic carbocycles. The van der Waals surface area contributed by atoms with E-state index in [1.165, 1.54) is 34.0 Å². The van der Waals surface area contributed by atoms with Gasteiger partial charge in [0.05, 0.1) is 6.33 Å². The Bertz CT molecular complexity index is 1250. The molecule has 1 aliphatic heterocycles. The van der Waals surface area contributed by atoms with Gasteiger partial charge in [0.15, 0.2) is 5.03 Å². The largest absolute Gasteiger partial charge is 0.339 e. The van der Waals surface area contributed by atoms with Gasteiger partial charge in [0.2, 0.25) is 0 Å². The number of aromatic nitrogens is 2. The van der Waals surface area contributed by atoms with Crippen LogP contribution in [0.15, 0.2) is 60.0 Å². The van der Waals surface area contributed by atoms with Crippen molar-refractivity contribution in [1.82, 2.24) is 19.2 Å². The van der Waals surface area contributed by atoms with Crippen LogP contribution in [0.2, 0.25) is 0 Å². The molecule has 1 fully saturated rings. The van der Waals surface area contributed by atoms with E-state index in [2.05, 4.69) is 28.5 Å². The summed E-state index contributed by atoms with van der Waals surface area (Å²) in [5.74, 6) is 0.214. The summed E-state index contributed by atoms with van der Waals surface area (Å²) in [4.78, 5) is 4.01. The van der Waals surface area contributed by atoms with Gasteiger partial charge in [-0.25, -0.2) is 17.8 Å². The van der Waals surface area contributed by atoms with E-state index in [0.717, 1.165) is 24.0 Å². The minimum atomic E-state index is -3.55. The Morgan fingerprint density at radius 1 is 1.19 bits per heavy atom. The number of nitrogens with zero attached hydrogens (tertiary/aromatic N) is 3. The van der Waals surface area contributed by atoms with Crippen molar-refractivity contribution in [3.8, 4) is 0 Å². The van der Waals surface area contributed by atoms with Gasteiger partial charge in [-0.15, -0.1) is 0 Å². The maximum atomic E-state index is 13.7. The highest BCUT2D eigenvalue weighted by atomic mass is 32.2. The number of sulfonamides is 1. The van der Waals surface area contributed by atoms with Gasteiger partial charge in [-0.05, 0) is 54.3 Å². The van der Waals surface area contributed by atoms with E-state index in [0.29, 0.717) is 19.1 Å². The van der Waals surface area contributed by atoms with Gasteiger partial charge in [-0.2, -0.15) is 4.31 Å². The number of imidazole rings is 1. The molecule has 6 nitrogen and oxygen atoms in total. The molecule has 1 saturated heterocycles. The number of nitrogens with one attached hydrogen (secondary N) is 1. The second kappa shape index (κ2) is 8.10. The van der Waals surface area contributed by atoms with Crippen LogP contribution in [-0.4, -0.2) is 48.5 Å². The highest BCUT2D eigenvalue weighted by Gasteiger charge is 2.39. The molecule has 0 bridgehead atoms. The zero-order valence-corrected chi connectivity index (χ0v) is 19.0. The second-order valence-electron chi connectivity index (χ2n) is 8.89. The summed E-state index contributed by atoms with van der Waals surface area (Å²) in [5, 5.41) is 3.53. The maximum Gasteiger partial charge on any atom is 0.262 e. The van der Waals surface area contributed by atoms with Gasteiger partial charge in [0.1, 0.15) is 5.82 Å². The Hall–Kier alpha value is -2.55. The van der Waals surface area contributed by atoms with Crippen LogP contribution in [0.5, 0.6) is 0 Å². The van der Waals surface area contributed by atoms with E-state index in [1.54, 1.807) is 23.7 Å². The van der Waals surface area contributed by atoms with Crippen LogP contribution in [0.25, 0.3) is 0 Å². The van der Waals surface area contributed by atoms with Crippen molar-refractivity contribution in [3.63, 3.8) is 0 Å². The molecule has 0 amide bonds. The fraction of sp³-hybridized carbons (Fsp3) is 0.375.